The highest BCUT2D eigenvalue weighted by Crippen LogP contribution is 2.43. The molecule has 0 saturated carbocycles. The van der Waals surface area contributed by atoms with Gasteiger partial charge in [-0.1, -0.05) is 31.2 Å². The predicted molar refractivity (Wildman–Crippen MR) is 138 cm³/mol. The van der Waals surface area contributed by atoms with Crippen molar-refractivity contribution in [2.24, 2.45) is 0 Å². The lowest BCUT2D eigenvalue weighted by Gasteiger charge is -2.31. The number of aryl methyl sites for hydroxylation is 1. The molecule has 0 unspecified atom stereocenters. The largest absolute Gasteiger partial charge is 0.497 e. The zero-order valence-corrected chi connectivity index (χ0v) is 20.3. The zero-order chi connectivity index (χ0) is 24.5. The molecule has 0 fully saturated rings. The van der Waals surface area contributed by atoms with Crippen LogP contribution < -0.4 is 20.1 Å². The van der Waals surface area contributed by atoms with Crippen LogP contribution in [0.25, 0.3) is 11.0 Å². The number of para-hydroxylation sites is 2. The molecule has 1 aromatic heterocycles. The molecular weight excluding hydrogens is 440 g/mol. The Labute approximate surface area is 204 Å². The second-order valence-electron chi connectivity index (χ2n) is 8.47. The minimum absolute atomic E-state index is 0.197. The van der Waals surface area contributed by atoms with Crippen LogP contribution in [0.3, 0.4) is 0 Å². The summed E-state index contributed by atoms with van der Waals surface area (Å²) in [5.74, 6) is 1.81. The lowest BCUT2D eigenvalue weighted by atomic mass is 9.93. The summed E-state index contributed by atoms with van der Waals surface area (Å²) in [7, 11) is 3.26. The van der Waals surface area contributed by atoms with Gasteiger partial charge in [0, 0.05) is 16.9 Å². The number of anilines is 2. The molecule has 7 heteroatoms. The Morgan fingerprint density at radius 3 is 2.54 bits per heavy atom. The molecule has 178 valence electrons. The van der Waals surface area contributed by atoms with E-state index in [1.807, 2.05) is 73.7 Å². The monoisotopic (exact) mass is 468 g/mol. The lowest BCUT2D eigenvalue weighted by Crippen LogP contribution is -2.31. The number of methoxy groups -OCH3 is 2. The van der Waals surface area contributed by atoms with Gasteiger partial charge >= 0.3 is 0 Å². The molecule has 7 nitrogen and oxygen atoms in total. The van der Waals surface area contributed by atoms with Crippen molar-refractivity contribution in [2.75, 3.05) is 24.9 Å². The number of ether oxygens (including phenoxy) is 2. The van der Waals surface area contributed by atoms with Crippen LogP contribution in [0, 0.1) is 0 Å². The summed E-state index contributed by atoms with van der Waals surface area (Å²) in [6.45, 7) is 4.01. The number of hydrogen-bond acceptors (Lipinski definition) is 5. The molecule has 0 aliphatic carbocycles. The SMILES string of the molecule is CCc1ccc(NC(=O)C2=C(C)Nc3nc4ccccc4n3[C@H]2c2cc(OC)ccc2OC)cc1. The van der Waals surface area contributed by atoms with E-state index in [-0.39, 0.29) is 5.91 Å². The van der Waals surface area contributed by atoms with Gasteiger partial charge in [0.25, 0.3) is 5.91 Å². The fourth-order valence-corrected chi connectivity index (χ4v) is 4.63. The zero-order valence-electron chi connectivity index (χ0n) is 20.3. The Balaban J connectivity index is 1.68. The summed E-state index contributed by atoms with van der Waals surface area (Å²) in [5.41, 5.74) is 5.82. The van der Waals surface area contributed by atoms with Gasteiger partial charge in [0.1, 0.15) is 11.5 Å². The van der Waals surface area contributed by atoms with Gasteiger partial charge < -0.3 is 20.1 Å². The first-order valence-electron chi connectivity index (χ1n) is 11.6. The van der Waals surface area contributed by atoms with Crippen LogP contribution in [-0.2, 0) is 11.2 Å². The van der Waals surface area contributed by atoms with Crippen molar-refractivity contribution in [1.29, 1.82) is 0 Å². The number of rotatable bonds is 6. The first kappa shape index (κ1) is 22.5. The van der Waals surface area contributed by atoms with E-state index in [4.69, 9.17) is 14.5 Å². The molecule has 0 bridgehead atoms. The number of imidazole rings is 1. The second-order valence-corrected chi connectivity index (χ2v) is 8.47. The Bertz CT molecular complexity index is 1440. The normalized spacial score (nSPS) is 14.9. The van der Waals surface area contributed by atoms with E-state index in [0.29, 0.717) is 23.0 Å². The van der Waals surface area contributed by atoms with Crippen LogP contribution in [0.15, 0.2) is 78.0 Å². The van der Waals surface area contributed by atoms with Crippen molar-refractivity contribution in [3.05, 3.63) is 89.1 Å². The van der Waals surface area contributed by atoms with Gasteiger partial charge in [-0.3, -0.25) is 9.36 Å². The molecule has 1 aliphatic rings. The number of aromatic nitrogens is 2. The molecular formula is C28H28N4O3. The Morgan fingerprint density at radius 1 is 1.06 bits per heavy atom. The standard InChI is InChI=1S/C28H28N4O3/c1-5-18-10-12-19(13-11-18)30-27(33)25-17(2)29-28-31-22-8-6-7-9-23(22)32(28)26(25)21-16-20(34-3)14-15-24(21)35-4/h6-16,26H,5H2,1-4H3,(H,29,31)(H,30,33)/t26-/m0/s1. The molecule has 0 saturated heterocycles. The number of benzene rings is 3. The molecule has 0 spiro atoms. The molecule has 5 rings (SSSR count). The van der Waals surface area contributed by atoms with Crippen molar-refractivity contribution in [3.8, 4) is 11.5 Å². The number of nitrogens with one attached hydrogen (secondary N) is 2. The number of carbonyl (C=O) groups excluding carboxylic acids is 1. The fourth-order valence-electron chi connectivity index (χ4n) is 4.63. The van der Waals surface area contributed by atoms with Crippen LogP contribution in [0.5, 0.6) is 11.5 Å². The summed E-state index contributed by atoms with van der Waals surface area (Å²) in [6, 6.07) is 21.0. The lowest BCUT2D eigenvalue weighted by molar-refractivity contribution is -0.113. The molecule has 1 aliphatic heterocycles. The summed E-state index contributed by atoms with van der Waals surface area (Å²) >= 11 is 0. The van der Waals surface area contributed by atoms with E-state index in [9.17, 15) is 4.79 Å². The fraction of sp³-hybridized carbons (Fsp3) is 0.214. The van der Waals surface area contributed by atoms with E-state index < -0.39 is 6.04 Å². The molecule has 2 N–H and O–H groups in total. The molecule has 1 amide bonds. The average molecular weight is 469 g/mol. The quantitative estimate of drug-likeness (QED) is 0.388. The Kier molecular flexibility index (Phi) is 5.91. The smallest absolute Gasteiger partial charge is 0.255 e. The minimum atomic E-state index is -0.487. The van der Waals surface area contributed by atoms with Crippen LogP contribution >= 0.6 is 0 Å². The van der Waals surface area contributed by atoms with Crippen molar-refractivity contribution >= 4 is 28.6 Å². The summed E-state index contributed by atoms with van der Waals surface area (Å²) in [6.07, 6.45) is 0.941. The number of carbonyl (C=O) groups is 1. The van der Waals surface area contributed by atoms with Gasteiger partial charge in [-0.25, -0.2) is 4.98 Å². The van der Waals surface area contributed by atoms with Crippen LogP contribution in [0.1, 0.15) is 31.0 Å². The number of allylic oxidation sites excluding steroid dienone is 1. The second kappa shape index (κ2) is 9.18. The van der Waals surface area contributed by atoms with E-state index >= 15 is 0 Å². The third-order valence-electron chi connectivity index (χ3n) is 6.43. The Morgan fingerprint density at radius 2 is 1.83 bits per heavy atom. The van der Waals surface area contributed by atoms with Gasteiger partial charge in [0.05, 0.1) is 36.9 Å². The van der Waals surface area contributed by atoms with Gasteiger partial charge in [-0.05, 0) is 61.4 Å². The molecule has 4 aromatic rings. The maximum absolute atomic E-state index is 13.8. The van der Waals surface area contributed by atoms with Crippen LogP contribution in [0.2, 0.25) is 0 Å². The van der Waals surface area contributed by atoms with E-state index in [0.717, 1.165) is 34.4 Å². The average Bonchev–Trinajstić information content (AvgIpc) is 3.25. The van der Waals surface area contributed by atoms with Gasteiger partial charge in [0.15, 0.2) is 0 Å². The summed E-state index contributed by atoms with van der Waals surface area (Å²) in [4.78, 5) is 18.6. The van der Waals surface area contributed by atoms with Crippen molar-refractivity contribution < 1.29 is 14.3 Å². The molecule has 0 radical (unpaired) electrons. The van der Waals surface area contributed by atoms with Gasteiger partial charge in [-0.15, -0.1) is 0 Å². The van der Waals surface area contributed by atoms with E-state index in [1.54, 1.807) is 14.2 Å². The highest BCUT2D eigenvalue weighted by atomic mass is 16.5. The molecule has 35 heavy (non-hydrogen) atoms. The third kappa shape index (κ3) is 3.99. The van der Waals surface area contributed by atoms with Crippen molar-refractivity contribution in [1.82, 2.24) is 9.55 Å². The molecule has 1 atom stereocenters. The van der Waals surface area contributed by atoms with E-state index in [2.05, 4.69) is 22.1 Å². The summed E-state index contributed by atoms with van der Waals surface area (Å²) in [5, 5.41) is 6.44. The van der Waals surface area contributed by atoms with E-state index in [1.165, 1.54) is 5.56 Å². The number of fused-ring (bicyclic) bond motifs is 3. The maximum atomic E-state index is 13.8. The van der Waals surface area contributed by atoms with Gasteiger partial charge in [0.2, 0.25) is 5.95 Å². The predicted octanol–water partition coefficient (Wildman–Crippen LogP) is 5.54. The highest BCUT2D eigenvalue weighted by molar-refractivity contribution is 6.06. The highest BCUT2D eigenvalue weighted by Gasteiger charge is 2.36. The number of hydrogen-bond donors (Lipinski definition) is 2. The van der Waals surface area contributed by atoms with Gasteiger partial charge in [-0.2, -0.15) is 0 Å². The van der Waals surface area contributed by atoms with Crippen molar-refractivity contribution in [3.63, 3.8) is 0 Å². The van der Waals surface area contributed by atoms with Crippen LogP contribution in [0.4, 0.5) is 11.6 Å². The third-order valence-corrected chi connectivity index (χ3v) is 6.43. The maximum Gasteiger partial charge on any atom is 0.255 e. The number of amides is 1. The first-order valence-corrected chi connectivity index (χ1v) is 11.6. The van der Waals surface area contributed by atoms with Crippen LogP contribution in [-0.4, -0.2) is 29.7 Å². The first-order chi connectivity index (χ1) is 17.0. The topological polar surface area (TPSA) is 77.4 Å². The molecule has 2 heterocycles. The van der Waals surface area contributed by atoms with Crippen molar-refractivity contribution in [2.45, 2.75) is 26.3 Å². The Hall–Kier alpha value is -4.26. The molecule has 3 aromatic carbocycles. The number of nitrogens with zero attached hydrogens (tertiary/aromatic N) is 2. The summed E-state index contributed by atoms with van der Waals surface area (Å²) < 4.78 is 13.3. The minimum Gasteiger partial charge on any atom is -0.497 e.